The van der Waals surface area contributed by atoms with Crippen molar-refractivity contribution in [2.45, 2.75) is 25.3 Å². The molecule has 1 atom stereocenters. The van der Waals surface area contributed by atoms with E-state index in [0.29, 0.717) is 31.5 Å². The van der Waals surface area contributed by atoms with Gasteiger partial charge in [0, 0.05) is 31.0 Å². The fourth-order valence-corrected chi connectivity index (χ4v) is 4.79. The van der Waals surface area contributed by atoms with E-state index in [9.17, 15) is 5.26 Å². The highest BCUT2D eigenvalue weighted by molar-refractivity contribution is 5.61. The summed E-state index contributed by atoms with van der Waals surface area (Å²) in [4.78, 5) is 9.55. The Morgan fingerprint density at radius 2 is 1.94 bits per heavy atom. The number of para-hydroxylation sites is 1. The average Bonchev–Trinajstić information content (AvgIpc) is 3.40. The summed E-state index contributed by atoms with van der Waals surface area (Å²) in [5.74, 6) is 1.06. The van der Waals surface area contributed by atoms with Crippen LogP contribution in [0.15, 0.2) is 55.0 Å². The standard InChI is InChI=1S/C25H30N8O/c26-10-6-24(20-7-11-27-12-8-20)32-19-21(18-29-32)23-9-13-28-25(30-23)33(22-4-2-1-3-5-22)31-14-16-34-17-15-31/h1-5,9,13,18-20,24,27H,6-8,11-12,14-17H2. The molecule has 2 aliphatic heterocycles. The van der Waals surface area contributed by atoms with Gasteiger partial charge in [-0.3, -0.25) is 4.68 Å². The molecule has 2 fully saturated rings. The van der Waals surface area contributed by atoms with E-state index in [4.69, 9.17) is 9.72 Å². The van der Waals surface area contributed by atoms with Crippen LogP contribution in [0.3, 0.4) is 0 Å². The first-order chi connectivity index (χ1) is 16.8. The molecule has 176 valence electrons. The van der Waals surface area contributed by atoms with Gasteiger partial charge in [-0.2, -0.15) is 10.4 Å². The van der Waals surface area contributed by atoms with Gasteiger partial charge in [0.15, 0.2) is 0 Å². The summed E-state index contributed by atoms with van der Waals surface area (Å²) in [7, 11) is 0. The lowest BCUT2D eigenvalue weighted by Crippen LogP contribution is -2.47. The Balaban J connectivity index is 1.44. The molecule has 2 saturated heterocycles. The summed E-state index contributed by atoms with van der Waals surface area (Å²) in [5.41, 5.74) is 2.75. The van der Waals surface area contributed by atoms with Crippen LogP contribution in [-0.4, -0.2) is 64.2 Å². The maximum atomic E-state index is 9.44. The average molecular weight is 459 g/mol. The zero-order chi connectivity index (χ0) is 23.2. The monoisotopic (exact) mass is 458 g/mol. The topological polar surface area (TPSA) is 95.1 Å². The smallest absolute Gasteiger partial charge is 0.245 e. The minimum atomic E-state index is 0.0799. The van der Waals surface area contributed by atoms with Crippen molar-refractivity contribution in [3.05, 3.63) is 55.0 Å². The van der Waals surface area contributed by atoms with Crippen LogP contribution in [0.5, 0.6) is 0 Å². The third-order valence-corrected chi connectivity index (χ3v) is 6.57. The predicted octanol–water partition coefficient (Wildman–Crippen LogP) is 3.18. The lowest BCUT2D eigenvalue weighted by atomic mass is 9.89. The van der Waals surface area contributed by atoms with Gasteiger partial charge in [-0.05, 0) is 50.0 Å². The number of rotatable bonds is 7. The lowest BCUT2D eigenvalue weighted by Gasteiger charge is -2.37. The number of benzene rings is 1. The van der Waals surface area contributed by atoms with E-state index in [1.54, 1.807) is 6.20 Å². The van der Waals surface area contributed by atoms with Crippen molar-refractivity contribution in [2.24, 2.45) is 5.92 Å². The largest absolute Gasteiger partial charge is 0.379 e. The summed E-state index contributed by atoms with van der Waals surface area (Å²) in [6.07, 6.45) is 8.25. The first-order valence-electron chi connectivity index (χ1n) is 12.0. The molecule has 0 amide bonds. The minimum Gasteiger partial charge on any atom is -0.379 e. The van der Waals surface area contributed by atoms with E-state index < -0.39 is 0 Å². The molecule has 9 heteroatoms. The molecule has 2 aromatic heterocycles. The lowest BCUT2D eigenvalue weighted by molar-refractivity contribution is 0.0371. The van der Waals surface area contributed by atoms with Crippen molar-refractivity contribution < 1.29 is 4.74 Å². The normalized spacial score (nSPS) is 18.3. The minimum absolute atomic E-state index is 0.0799. The predicted molar refractivity (Wildman–Crippen MR) is 129 cm³/mol. The van der Waals surface area contributed by atoms with Crippen molar-refractivity contribution in [1.82, 2.24) is 30.1 Å². The van der Waals surface area contributed by atoms with Crippen LogP contribution < -0.4 is 10.3 Å². The molecule has 3 aromatic rings. The van der Waals surface area contributed by atoms with Crippen LogP contribution in [0, 0.1) is 17.2 Å². The van der Waals surface area contributed by atoms with E-state index in [2.05, 4.69) is 43.6 Å². The highest BCUT2D eigenvalue weighted by Gasteiger charge is 2.27. The number of aromatic nitrogens is 4. The number of anilines is 2. The van der Waals surface area contributed by atoms with E-state index >= 15 is 0 Å². The van der Waals surface area contributed by atoms with Gasteiger partial charge in [0.25, 0.3) is 0 Å². The summed E-state index contributed by atoms with van der Waals surface area (Å²) >= 11 is 0. The number of hydrazine groups is 1. The summed E-state index contributed by atoms with van der Waals surface area (Å²) < 4.78 is 7.53. The molecule has 0 saturated carbocycles. The molecule has 0 aliphatic carbocycles. The molecule has 1 N–H and O–H groups in total. The second kappa shape index (κ2) is 10.7. The van der Waals surface area contributed by atoms with Gasteiger partial charge in [0.1, 0.15) is 0 Å². The molecule has 1 unspecified atom stereocenters. The molecular formula is C25H30N8O. The van der Waals surface area contributed by atoms with Gasteiger partial charge in [-0.1, -0.05) is 18.2 Å². The van der Waals surface area contributed by atoms with Crippen LogP contribution in [0.2, 0.25) is 0 Å². The fraction of sp³-hybridized carbons (Fsp3) is 0.440. The summed E-state index contributed by atoms with van der Waals surface area (Å²) in [5, 5.41) is 21.8. The molecule has 2 aliphatic rings. The third-order valence-electron chi connectivity index (χ3n) is 6.57. The van der Waals surface area contributed by atoms with Crippen molar-refractivity contribution >= 4 is 11.6 Å². The number of hydrogen-bond donors (Lipinski definition) is 1. The zero-order valence-corrected chi connectivity index (χ0v) is 19.3. The van der Waals surface area contributed by atoms with Crippen LogP contribution in [0.1, 0.15) is 25.3 Å². The Kier molecular flexibility index (Phi) is 7.10. The molecule has 34 heavy (non-hydrogen) atoms. The van der Waals surface area contributed by atoms with E-state index in [0.717, 1.165) is 56.0 Å². The Morgan fingerprint density at radius 1 is 1.15 bits per heavy atom. The summed E-state index contributed by atoms with van der Waals surface area (Å²) in [6.45, 7) is 4.87. The maximum Gasteiger partial charge on any atom is 0.245 e. The van der Waals surface area contributed by atoms with Crippen LogP contribution >= 0.6 is 0 Å². The second-order valence-electron chi connectivity index (χ2n) is 8.68. The maximum absolute atomic E-state index is 9.44. The van der Waals surface area contributed by atoms with Crippen LogP contribution in [0.4, 0.5) is 11.6 Å². The van der Waals surface area contributed by atoms with Crippen molar-refractivity contribution in [2.75, 3.05) is 44.4 Å². The first kappa shape index (κ1) is 22.5. The van der Waals surface area contributed by atoms with Gasteiger partial charge in [-0.15, -0.1) is 0 Å². The number of nitriles is 1. The quantitative estimate of drug-likeness (QED) is 0.577. The molecule has 0 bridgehead atoms. The van der Waals surface area contributed by atoms with Crippen molar-refractivity contribution in [1.29, 1.82) is 5.26 Å². The van der Waals surface area contributed by atoms with Crippen LogP contribution in [-0.2, 0) is 4.74 Å². The molecule has 5 rings (SSSR count). The number of nitrogens with one attached hydrogen (secondary N) is 1. The summed E-state index contributed by atoms with van der Waals surface area (Å²) in [6, 6.07) is 14.5. The zero-order valence-electron chi connectivity index (χ0n) is 19.3. The van der Waals surface area contributed by atoms with Gasteiger partial charge < -0.3 is 10.1 Å². The highest BCUT2D eigenvalue weighted by atomic mass is 16.5. The highest BCUT2D eigenvalue weighted by Crippen LogP contribution is 2.31. The van der Waals surface area contributed by atoms with Gasteiger partial charge >= 0.3 is 0 Å². The SMILES string of the molecule is N#CCC(C1CCNCC1)n1cc(-c2ccnc(N(c3ccccc3)N3CCOCC3)n2)cn1. The van der Waals surface area contributed by atoms with E-state index in [-0.39, 0.29) is 6.04 Å². The van der Waals surface area contributed by atoms with Crippen molar-refractivity contribution in [3.63, 3.8) is 0 Å². The van der Waals surface area contributed by atoms with Crippen molar-refractivity contribution in [3.8, 4) is 17.3 Å². The number of morpholine rings is 1. The first-order valence-corrected chi connectivity index (χ1v) is 12.0. The fourth-order valence-electron chi connectivity index (χ4n) is 4.79. The number of ether oxygens (including phenoxy) is 1. The molecule has 1 aromatic carbocycles. The van der Waals surface area contributed by atoms with Gasteiger partial charge in [0.05, 0.1) is 49.3 Å². The number of piperidine rings is 1. The molecule has 4 heterocycles. The van der Waals surface area contributed by atoms with Gasteiger partial charge in [-0.25, -0.2) is 20.0 Å². The Morgan fingerprint density at radius 3 is 2.71 bits per heavy atom. The Labute approximate surface area is 200 Å². The van der Waals surface area contributed by atoms with E-state index in [1.165, 1.54) is 0 Å². The Hall–Kier alpha value is -3.32. The molecular weight excluding hydrogens is 428 g/mol. The molecule has 9 nitrogen and oxygen atoms in total. The molecule has 0 spiro atoms. The van der Waals surface area contributed by atoms with Crippen LogP contribution in [0.25, 0.3) is 11.3 Å². The second-order valence-corrected chi connectivity index (χ2v) is 8.68. The third kappa shape index (κ3) is 4.94. The number of hydrogen-bond acceptors (Lipinski definition) is 8. The Bertz CT molecular complexity index is 1100. The number of nitrogens with zero attached hydrogens (tertiary/aromatic N) is 7. The molecule has 0 radical (unpaired) electrons. The van der Waals surface area contributed by atoms with E-state index in [1.807, 2.05) is 41.3 Å². The van der Waals surface area contributed by atoms with Gasteiger partial charge in [0.2, 0.25) is 5.95 Å².